The van der Waals surface area contributed by atoms with Crippen LogP contribution in [0.1, 0.15) is 32.1 Å². The maximum atomic E-state index is 12.3. The van der Waals surface area contributed by atoms with Crippen molar-refractivity contribution in [1.29, 1.82) is 0 Å². The van der Waals surface area contributed by atoms with E-state index in [1.807, 2.05) is 24.1 Å². The van der Waals surface area contributed by atoms with Gasteiger partial charge >= 0.3 is 0 Å². The minimum atomic E-state index is 0.0329. The van der Waals surface area contributed by atoms with E-state index in [0.717, 1.165) is 18.4 Å². The Morgan fingerprint density at radius 1 is 1.27 bits per heavy atom. The summed E-state index contributed by atoms with van der Waals surface area (Å²) in [6.45, 7) is 0.130. The second-order valence-electron chi connectivity index (χ2n) is 5.68. The average Bonchev–Trinajstić information content (AvgIpc) is 3.04. The first-order valence-electron chi connectivity index (χ1n) is 7.68. The summed E-state index contributed by atoms with van der Waals surface area (Å²) in [5.74, 6) is 0.543. The summed E-state index contributed by atoms with van der Waals surface area (Å²) in [5.41, 5.74) is 0.842. The number of nitrogens with zero attached hydrogens (tertiary/aromatic N) is 6. The molecule has 1 saturated carbocycles. The van der Waals surface area contributed by atoms with Gasteiger partial charge in [0.05, 0.1) is 0 Å². The van der Waals surface area contributed by atoms with Gasteiger partial charge in [0.25, 0.3) is 0 Å². The Kier molecular flexibility index (Phi) is 4.41. The van der Waals surface area contributed by atoms with Gasteiger partial charge in [0.1, 0.15) is 6.54 Å². The minimum Gasteiger partial charge on any atom is -0.341 e. The Balaban J connectivity index is 1.63. The number of carbonyl (C=O) groups is 1. The molecule has 0 bridgehead atoms. The molecule has 116 valence electrons. The zero-order chi connectivity index (χ0) is 15.4. The number of rotatable bonds is 4. The number of pyridine rings is 1. The number of carbonyl (C=O) groups excluding carboxylic acids is 1. The first-order chi connectivity index (χ1) is 10.7. The highest BCUT2D eigenvalue weighted by Crippen LogP contribution is 2.21. The predicted octanol–water partition coefficient (Wildman–Crippen LogP) is 1.53. The first kappa shape index (κ1) is 14.6. The van der Waals surface area contributed by atoms with E-state index < -0.39 is 0 Å². The molecule has 1 amide bonds. The summed E-state index contributed by atoms with van der Waals surface area (Å²) in [7, 11) is 1.87. The van der Waals surface area contributed by atoms with Gasteiger partial charge in [-0.1, -0.05) is 19.3 Å². The van der Waals surface area contributed by atoms with Crippen LogP contribution in [0.25, 0.3) is 11.4 Å². The third-order valence-corrected chi connectivity index (χ3v) is 4.18. The molecule has 0 saturated heterocycles. The molecule has 0 radical (unpaired) electrons. The van der Waals surface area contributed by atoms with E-state index in [0.29, 0.717) is 11.9 Å². The lowest BCUT2D eigenvalue weighted by atomic mass is 9.94. The molecule has 3 rings (SSSR count). The van der Waals surface area contributed by atoms with Crippen LogP contribution in [0.3, 0.4) is 0 Å². The third-order valence-electron chi connectivity index (χ3n) is 4.18. The van der Waals surface area contributed by atoms with Gasteiger partial charge in [-0.25, -0.2) is 0 Å². The maximum Gasteiger partial charge on any atom is 0.246 e. The molecule has 7 nitrogen and oxygen atoms in total. The number of likely N-dealkylation sites (N-methyl/N-ethyl adjacent to an activating group) is 1. The van der Waals surface area contributed by atoms with Gasteiger partial charge in [0, 0.05) is 31.0 Å². The van der Waals surface area contributed by atoms with Crippen LogP contribution < -0.4 is 0 Å². The summed E-state index contributed by atoms with van der Waals surface area (Å²) in [4.78, 5) is 19.5. The molecule has 1 aliphatic carbocycles. The van der Waals surface area contributed by atoms with E-state index in [1.54, 1.807) is 12.4 Å². The molecule has 0 aliphatic heterocycles. The zero-order valence-electron chi connectivity index (χ0n) is 12.7. The van der Waals surface area contributed by atoms with Crippen molar-refractivity contribution in [2.75, 3.05) is 7.05 Å². The molecule has 0 spiro atoms. The molecular weight excluding hydrogens is 280 g/mol. The van der Waals surface area contributed by atoms with Gasteiger partial charge in [0.2, 0.25) is 11.7 Å². The molecule has 2 aromatic heterocycles. The number of hydrogen-bond acceptors (Lipinski definition) is 5. The Morgan fingerprint density at radius 3 is 2.73 bits per heavy atom. The topological polar surface area (TPSA) is 76.8 Å². The maximum absolute atomic E-state index is 12.3. The molecule has 7 heteroatoms. The summed E-state index contributed by atoms with van der Waals surface area (Å²) in [6, 6.07) is 3.98. The molecule has 1 fully saturated rings. The summed E-state index contributed by atoms with van der Waals surface area (Å²) in [5, 5.41) is 12.2. The molecule has 2 aromatic rings. The summed E-state index contributed by atoms with van der Waals surface area (Å²) in [6.07, 6.45) is 9.23. The van der Waals surface area contributed by atoms with Crippen molar-refractivity contribution in [2.24, 2.45) is 0 Å². The molecule has 0 unspecified atom stereocenters. The quantitative estimate of drug-likeness (QED) is 0.855. The highest BCUT2D eigenvalue weighted by Gasteiger charge is 2.22. The Bertz CT molecular complexity index is 620. The van der Waals surface area contributed by atoms with Gasteiger partial charge in [-0.3, -0.25) is 9.78 Å². The van der Waals surface area contributed by atoms with Crippen molar-refractivity contribution in [1.82, 2.24) is 30.1 Å². The van der Waals surface area contributed by atoms with E-state index in [-0.39, 0.29) is 12.5 Å². The number of amides is 1. The van der Waals surface area contributed by atoms with Crippen LogP contribution >= 0.6 is 0 Å². The first-order valence-corrected chi connectivity index (χ1v) is 7.68. The summed E-state index contributed by atoms with van der Waals surface area (Å²) < 4.78 is 0. The average molecular weight is 300 g/mol. The van der Waals surface area contributed by atoms with Crippen LogP contribution in [0.5, 0.6) is 0 Å². The monoisotopic (exact) mass is 300 g/mol. The molecule has 0 aromatic carbocycles. The van der Waals surface area contributed by atoms with E-state index >= 15 is 0 Å². The van der Waals surface area contributed by atoms with Gasteiger partial charge < -0.3 is 4.90 Å². The van der Waals surface area contributed by atoms with Crippen LogP contribution in [0.4, 0.5) is 0 Å². The molecule has 1 aliphatic rings. The zero-order valence-corrected chi connectivity index (χ0v) is 12.7. The SMILES string of the molecule is CN(C(=O)Cn1nnc(-c2ccncc2)n1)C1CCCCC1. The number of aromatic nitrogens is 5. The van der Waals surface area contributed by atoms with Gasteiger partial charge in [-0.05, 0) is 30.2 Å². The highest BCUT2D eigenvalue weighted by atomic mass is 16.2. The van der Waals surface area contributed by atoms with Crippen molar-refractivity contribution in [3.63, 3.8) is 0 Å². The van der Waals surface area contributed by atoms with Crippen molar-refractivity contribution in [3.8, 4) is 11.4 Å². The predicted molar refractivity (Wildman–Crippen MR) is 80.7 cm³/mol. The largest absolute Gasteiger partial charge is 0.341 e. The minimum absolute atomic E-state index is 0.0329. The molecule has 0 atom stereocenters. The van der Waals surface area contributed by atoms with Crippen LogP contribution in [-0.4, -0.2) is 49.1 Å². The Labute approximate surface area is 129 Å². The van der Waals surface area contributed by atoms with Crippen molar-refractivity contribution in [2.45, 2.75) is 44.7 Å². The molecular formula is C15H20N6O. The lowest BCUT2D eigenvalue weighted by molar-refractivity contribution is -0.133. The fourth-order valence-corrected chi connectivity index (χ4v) is 2.83. The van der Waals surface area contributed by atoms with Gasteiger partial charge in [0.15, 0.2) is 0 Å². The smallest absolute Gasteiger partial charge is 0.246 e. The van der Waals surface area contributed by atoms with Crippen molar-refractivity contribution in [3.05, 3.63) is 24.5 Å². The standard InChI is InChI=1S/C15H20N6O/c1-20(13-5-3-2-4-6-13)14(22)11-21-18-15(17-19-21)12-7-9-16-10-8-12/h7-10,13H,2-6,11H2,1H3. The van der Waals surface area contributed by atoms with Crippen molar-refractivity contribution >= 4 is 5.91 Å². The van der Waals surface area contributed by atoms with E-state index in [4.69, 9.17) is 0 Å². The van der Waals surface area contributed by atoms with E-state index in [9.17, 15) is 4.79 Å². The Hall–Kier alpha value is -2.31. The second kappa shape index (κ2) is 6.64. The van der Waals surface area contributed by atoms with Crippen LogP contribution in [0.15, 0.2) is 24.5 Å². The van der Waals surface area contributed by atoms with Crippen LogP contribution in [0, 0.1) is 0 Å². The summed E-state index contributed by atoms with van der Waals surface area (Å²) >= 11 is 0. The van der Waals surface area contributed by atoms with E-state index in [2.05, 4.69) is 20.4 Å². The normalized spacial score (nSPS) is 15.7. The van der Waals surface area contributed by atoms with Crippen LogP contribution in [-0.2, 0) is 11.3 Å². The fraction of sp³-hybridized carbons (Fsp3) is 0.533. The highest BCUT2D eigenvalue weighted by molar-refractivity contribution is 5.75. The fourth-order valence-electron chi connectivity index (χ4n) is 2.83. The lowest BCUT2D eigenvalue weighted by Gasteiger charge is -2.31. The lowest BCUT2D eigenvalue weighted by Crippen LogP contribution is -2.40. The molecule has 0 N–H and O–H groups in total. The number of hydrogen-bond donors (Lipinski definition) is 0. The van der Waals surface area contributed by atoms with E-state index in [1.165, 1.54) is 24.1 Å². The van der Waals surface area contributed by atoms with Gasteiger partial charge in [-0.2, -0.15) is 4.80 Å². The molecule has 2 heterocycles. The Morgan fingerprint density at radius 2 is 2.00 bits per heavy atom. The van der Waals surface area contributed by atoms with Crippen molar-refractivity contribution < 1.29 is 4.79 Å². The van der Waals surface area contributed by atoms with Gasteiger partial charge in [-0.15, -0.1) is 10.2 Å². The third kappa shape index (κ3) is 3.29. The number of tetrazole rings is 1. The molecule has 22 heavy (non-hydrogen) atoms. The second-order valence-corrected chi connectivity index (χ2v) is 5.68. The van der Waals surface area contributed by atoms with Crippen LogP contribution in [0.2, 0.25) is 0 Å².